The highest BCUT2D eigenvalue weighted by atomic mass is 32.2. The summed E-state index contributed by atoms with van der Waals surface area (Å²) in [5.41, 5.74) is -0.476. The fourth-order valence-corrected chi connectivity index (χ4v) is 5.84. The minimum Gasteiger partial charge on any atom is -0.342 e. The van der Waals surface area contributed by atoms with Crippen LogP contribution in [0.5, 0.6) is 0 Å². The third kappa shape index (κ3) is 3.35. The molecular weight excluding hydrogens is 326 g/mol. The Bertz CT molecular complexity index is 572. The van der Waals surface area contributed by atoms with Crippen molar-refractivity contribution in [2.24, 2.45) is 11.3 Å². The molecule has 0 unspecified atom stereocenters. The van der Waals surface area contributed by atoms with Crippen LogP contribution in [0, 0.1) is 11.3 Å². The van der Waals surface area contributed by atoms with E-state index >= 15 is 0 Å². The van der Waals surface area contributed by atoms with E-state index in [9.17, 15) is 13.2 Å². The molecule has 6 nitrogen and oxygen atoms in total. The van der Waals surface area contributed by atoms with E-state index in [0.29, 0.717) is 25.4 Å². The molecule has 24 heavy (non-hydrogen) atoms. The number of rotatable bonds is 4. The number of hydrogen-bond donors (Lipinski definition) is 0. The summed E-state index contributed by atoms with van der Waals surface area (Å²) in [5, 5.41) is 0. The predicted molar refractivity (Wildman–Crippen MR) is 93.6 cm³/mol. The minimum atomic E-state index is -3.42. The average Bonchev–Trinajstić information content (AvgIpc) is 2.99. The molecule has 7 heteroatoms. The molecule has 3 rings (SSSR count). The van der Waals surface area contributed by atoms with E-state index in [4.69, 9.17) is 0 Å². The number of nitrogens with zero attached hydrogens (tertiary/aromatic N) is 3. The van der Waals surface area contributed by atoms with E-state index in [2.05, 4.69) is 0 Å². The van der Waals surface area contributed by atoms with Gasteiger partial charge in [0.1, 0.15) is 0 Å². The summed E-state index contributed by atoms with van der Waals surface area (Å²) in [4.78, 5) is 15.2. The van der Waals surface area contributed by atoms with Crippen molar-refractivity contribution in [1.29, 1.82) is 0 Å². The molecule has 2 aliphatic heterocycles. The summed E-state index contributed by atoms with van der Waals surface area (Å²) >= 11 is 0. The first-order valence-electron chi connectivity index (χ1n) is 9.32. The van der Waals surface area contributed by atoms with Crippen molar-refractivity contribution < 1.29 is 13.2 Å². The smallest absolute Gasteiger partial charge is 0.281 e. The Morgan fingerprint density at radius 1 is 1.08 bits per heavy atom. The fraction of sp³-hybridized carbons (Fsp3) is 0.941. The molecule has 3 aliphatic rings. The fourth-order valence-electron chi connectivity index (χ4n) is 4.65. The lowest BCUT2D eigenvalue weighted by Crippen LogP contribution is -2.52. The minimum absolute atomic E-state index is 0.204. The van der Waals surface area contributed by atoms with E-state index in [0.717, 1.165) is 25.9 Å². The summed E-state index contributed by atoms with van der Waals surface area (Å²) in [5.74, 6) is 0.844. The summed E-state index contributed by atoms with van der Waals surface area (Å²) in [6.45, 7) is 2.54. The number of piperidine rings is 1. The van der Waals surface area contributed by atoms with Crippen LogP contribution in [0.1, 0.15) is 51.4 Å². The highest BCUT2D eigenvalue weighted by Crippen LogP contribution is 2.41. The van der Waals surface area contributed by atoms with Crippen LogP contribution < -0.4 is 0 Å². The van der Waals surface area contributed by atoms with E-state index < -0.39 is 15.6 Å². The van der Waals surface area contributed by atoms with Crippen molar-refractivity contribution in [1.82, 2.24) is 13.5 Å². The van der Waals surface area contributed by atoms with Crippen molar-refractivity contribution >= 4 is 16.1 Å². The molecule has 3 fully saturated rings. The van der Waals surface area contributed by atoms with E-state index in [1.165, 1.54) is 40.7 Å². The molecule has 0 aromatic heterocycles. The molecule has 1 saturated carbocycles. The number of carbonyl (C=O) groups excluding carboxylic acids is 1. The maximum atomic E-state index is 13.2. The van der Waals surface area contributed by atoms with Gasteiger partial charge in [0.05, 0.1) is 5.41 Å². The number of likely N-dealkylation sites (tertiary alicyclic amines) is 1. The molecule has 0 bridgehead atoms. The number of amides is 1. The Balaban J connectivity index is 1.68. The van der Waals surface area contributed by atoms with Crippen LogP contribution in [0.3, 0.4) is 0 Å². The molecule has 138 valence electrons. The largest absolute Gasteiger partial charge is 0.342 e. The first-order valence-corrected chi connectivity index (χ1v) is 10.7. The highest BCUT2D eigenvalue weighted by molar-refractivity contribution is 7.86. The zero-order valence-corrected chi connectivity index (χ0v) is 15.9. The van der Waals surface area contributed by atoms with Crippen molar-refractivity contribution in [3.63, 3.8) is 0 Å². The maximum Gasteiger partial charge on any atom is 0.281 e. The van der Waals surface area contributed by atoms with E-state index in [1.54, 1.807) is 14.1 Å². The van der Waals surface area contributed by atoms with Crippen LogP contribution in [0.4, 0.5) is 0 Å². The van der Waals surface area contributed by atoms with Gasteiger partial charge in [-0.15, -0.1) is 0 Å². The monoisotopic (exact) mass is 357 g/mol. The predicted octanol–water partition coefficient (Wildman–Crippen LogP) is 1.69. The summed E-state index contributed by atoms with van der Waals surface area (Å²) in [7, 11) is -0.316. The van der Waals surface area contributed by atoms with Gasteiger partial charge < -0.3 is 4.90 Å². The average molecular weight is 358 g/mol. The molecule has 1 atom stereocenters. The van der Waals surface area contributed by atoms with Crippen LogP contribution in [-0.2, 0) is 15.0 Å². The lowest BCUT2D eigenvalue weighted by atomic mass is 9.77. The second-order valence-electron chi connectivity index (χ2n) is 8.01. The van der Waals surface area contributed by atoms with Gasteiger partial charge >= 0.3 is 0 Å². The molecule has 2 saturated heterocycles. The number of carbonyl (C=O) groups is 1. The Labute approximate surface area is 146 Å². The molecular formula is C17H31N3O3S. The first kappa shape index (κ1) is 18.1. The second-order valence-corrected chi connectivity index (χ2v) is 10.2. The Morgan fingerprint density at radius 3 is 2.46 bits per heavy atom. The molecule has 0 radical (unpaired) electrons. The number of hydrogen-bond acceptors (Lipinski definition) is 3. The van der Waals surface area contributed by atoms with Crippen LogP contribution in [0.25, 0.3) is 0 Å². The standard InChI is InChI=1S/C17H31N3O3S/c1-18(2)24(22,23)20-12-10-17(14-20)9-6-11-19(16(17)21)13-15-7-4-3-5-8-15/h15H,3-14H2,1-2H3/t17-/m0/s1. The summed E-state index contributed by atoms with van der Waals surface area (Å²) < 4.78 is 27.5. The third-order valence-corrected chi connectivity index (χ3v) is 8.02. The van der Waals surface area contributed by atoms with Crippen molar-refractivity contribution in [2.45, 2.75) is 51.4 Å². The molecule has 0 aromatic rings. The van der Waals surface area contributed by atoms with Gasteiger partial charge in [0.15, 0.2) is 0 Å². The topological polar surface area (TPSA) is 60.9 Å². The zero-order chi connectivity index (χ0) is 17.4. The van der Waals surface area contributed by atoms with Crippen molar-refractivity contribution in [3.05, 3.63) is 0 Å². The van der Waals surface area contributed by atoms with Crippen LogP contribution >= 0.6 is 0 Å². The van der Waals surface area contributed by atoms with Gasteiger partial charge in [-0.2, -0.15) is 17.0 Å². The van der Waals surface area contributed by atoms with Crippen LogP contribution in [0.15, 0.2) is 0 Å². The Morgan fingerprint density at radius 2 is 1.79 bits per heavy atom. The SMILES string of the molecule is CN(C)S(=O)(=O)N1CC[C@@]2(CCCN(CC3CCCCC3)C2=O)C1. The van der Waals surface area contributed by atoms with Gasteiger partial charge in [-0.3, -0.25) is 4.79 Å². The van der Waals surface area contributed by atoms with E-state index in [-0.39, 0.29) is 5.91 Å². The van der Waals surface area contributed by atoms with Crippen LogP contribution in [-0.4, -0.2) is 68.1 Å². The molecule has 1 spiro atoms. The lowest BCUT2D eigenvalue weighted by molar-refractivity contribution is -0.146. The van der Waals surface area contributed by atoms with Crippen LogP contribution in [0.2, 0.25) is 0 Å². The molecule has 1 amide bonds. The Kier molecular flexibility index (Phi) is 5.23. The van der Waals surface area contributed by atoms with E-state index in [1.807, 2.05) is 4.90 Å². The molecule has 1 aliphatic carbocycles. The Hall–Kier alpha value is -0.660. The normalized spacial score (nSPS) is 30.6. The van der Waals surface area contributed by atoms with Gasteiger partial charge in [0, 0.05) is 40.3 Å². The third-order valence-electron chi connectivity index (χ3n) is 6.13. The van der Waals surface area contributed by atoms with Gasteiger partial charge in [-0.25, -0.2) is 0 Å². The van der Waals surface area contributed by atoms with Gasteiger partial charge in [-0.1, -0.05) is 19.3 Å². The maximum absolute atomic E-state index is 13.2. The quantitative estimate of drug-likeness (QED) is 0.769. The van der Waals surface area contributed by atoms with Gasteiger partial charge in [0.2, 0.25) is 5.91 Å². The molecule has 0 aromatic carbocycles. The molecule has 2 heterocycles. The highest BCUT2D eigenvalue weighted by Gasteiger charge is 2.51. The van der Waals surface area contributed by atoms with Gasteiger partial charge in [0.25, 0.3) is 10.2 Å². The second kappa shape index (κ2) is 6.92. The summed E-state index contributed by atoms with van der Waals surface area (Å²) in [6, 6.07) is 0. The van der Waals surface area contributed by atoms with Crippen molar-refractivity contribution in [2.75, 3.05) is 40.3 Å². The zero-order valence-electron chi connectivity index (χ0n) is 15.0. The lowest BCUT2D eigenvalue weighted by Gasteiger charge is -2.41. The van der Waals surface area contributed by atoms with Crippen molar-refractivity contribution in [3.8, 4) is 0 Å². The first-order chi connectivity index (χ1) is 11.3. The molecule has 0 N–H and O–H groups in total. The van der Waals surface area contributed by atoms with Gasteiger partial charge in [-0.05, 0) is 38.0 Å². The summed E-state index contributed by atoms with van der Waals surface area (Å²) in [6.07, 6.45) is 8.85.